The van der Waals surface area contributed by atoms with Crippen molar-refractivity contribution in [3.05, 3.63) is 65.5 Å². The SMILES string of the molecule is CS(=O)(=O)c1ccc(C(=O)N2CCCN(Cc3ccc(F)cc3)CC2)cc1. The fourth-order valence-corrected chi connectivity index (χ4v) is 3.84. The molecule has 144 valence electrons. The minimum Gasteiger partial charge on any atom is -0.337 e. The van der Waals surface area contributed by atoms with Gasteiger partial charge in [-0.1, -0.05) is 12.1 Å². The van der Waals surface area contributed by atoms with E-state index in [-0.39, 0.29) is 16.6 Å². The van der Waals surface area contributed by atoms with Crippen LogP contribution in [-0.2, 0) is 16.4 Å². The summed E-state index contributed by atoms with van der Waals surface area (Å²) < 4.78 is 36.1. The highest BCUT2D eigenvalue weighted by molar-refractivity contribution is 7.90. The summed E-state index contributed by atoms with van der Waals surface area (Å²) >= 11 is 0. The number of carbonyl (C=O) groups is 1. The Morgan fingerprint density at radius 3 is 2.26 bits per heavy atom. The van der Waals surface area contributed by atoms with Crippen LogP contribution in [0.15, 0.2) is 53.4 Å². The molecule has 7 heteroatoms. The number of rotatable bonds is 4. The van der Waals surface area contributed by atoms with Crippen LogP contribution < -0.4 is 0 Å². The van der Waals surface area contributed by atoms with Crippen molar-refractivity contribution in [1.82, 2.24) is 9.80 Å². The minimum absolute atomic E-state index is 0.0846. The number of benzene rings is 2. The predicted octanol–water partition coefficient (Wildman–Crippen LogP) is 2.58. The Balaban J connectivity index is 1.61. The number of halogens is 1. The third-order valence-electron chi connectivity index (χ3n) is 4.72. The molecule has 27 heavy (non-hydrogen) atoms. The van der Waals surface area contributed by atoms with Crippen molar-refractivity contribution in [2.45, 2.75) is 17.9 Å². The average Bonchev–Trinajstić information content (AvgIpc) is 2.88. The lowest BCUT2D eigenvalue weighted by Crippen LogP contribution is -2.35. The molecule has 0 aromatic heterocycles. The van der Waals surface area contributed by atoms with Gasteiger partial charge in [0.2, 0.25) is 0 Å². The van der Waals surface area contributed by atoms with E-state index in [1.54, 1.807) is 29.2 Å². The number of amides is 1. The van der Waals surface area contributed by atoms with E-state index >= 15 is 0 Å². The van der Waals surface area contributed by atoms with Crippen molar-refractivity contribution in [3.8, 4) is 0 Å². The molecule has 1 amide bonds. The first-order valence-electron chi connectivity index (χ1n) is 8.89. The van der Waals surface area contributed by atoms with Crippen molar-refractivity contribution in [2.24, 2.45) is 0 Å². The molecule has 0 aliphatic carbocycles. The van der Waals surface area contributed by atoms with Gasteiger partial charge in [-0.15, -0.1) is 0 Å². The molecule has 1 fully saturated rings. The van der Waals surface area contributed by atoms with Crippen LogP contribution >= 0.6 is 0 Å². The van der Waals surface area contributed by atoms with Crippen LogP contribution in [0.4, 0.5) is 4.39 Å². The second kappa shape index (κ2) is 8.19. The van der Waals surface area contributed by atoms with Crippen LogP contribution in [0.25, 0.3) is 0 Å². The number of hydrogen-bond acceptors (Lipinski definition) is 4. The zero-order valence-electron chi connectivity index (χ0n) is 15.3. The van der Waals surface area contributed by atoms with Gasteiger partial charge in [-0.25, -0.2) is 12.8 Å². The Kier molecular flexibility index (Phi) is 5.92. The predicted molar refractivity (Wildman–Crippen MR) is 102 cm³/mol. The molecular weight excluding hydrogens is 367 g/mol. The fourth-order valence-electron chi connectivity index (χ4n) is 3.21. The summed E-state index contributed by atoms with van der Waals surface area (Å²) in [6, 6.07) is 12.6. The molecule has 0 saturated carbocycles. The van der Waals surface area contributed by atoms with Gasteiger partial charge in [-0.3, -0.25) is 9.69 Å². The molecule has 1 heterocycles. The summed E-state index contributed by atoms with van der Waals surface area (Å²) in [4.78, 5) is 17.0. The molecule has 2 aromatic rings. The van der Waals surface area contributed by atoms with Crippen LogP contribution in [0.5, 0.6) is 0 Å². The van der Waals surface area contributed by atoms with Gasteiger partial charge in [0, 0.05) is 44.5 Å². The van der Waals surface area contributed by atoms with Crippen molar-refractivity contribution >= 4 is 15.7 Å². The summed E-state index contributed by atoms with van der Waals surface area (Å²) in [6.07, 6.45) is 2.00. The summed E-state index contributed by atoms with van der Waals surface area (Å²) in [5, 5.41) is 0. The maximum Gasteiger partial charge on any atom is 0.253 e. The summed E-state index contributed by atoms with van der Waals surface area (Å²) in [6.45, 7) is 3.60. The largest absolute Gasteiger partial charge is 0.337 e. The number of carbonyl (C=O) groups excluding carboxylic acids is 1. The van der Waals surface area contributed by atoms with Gasteiger partial charge < -0.3 is 4.90 Å². The smallest absolute Gasteiger partial charge is 0.253 e. The Morgan fingerprint density at radius 2 is 1.63 bits per heavy atom. The van der Waals surface area contributed by atoms with Gasteiger partial charge in [-0.05, 0) is 48.4 Å². The van der Waals surface area contributed by atoms with Crippen LogP contribution in [-0.4, -0.2) is 56.6 Å². The second-order valence-corrected chi connectivity index (χ2v) is 8.86. The van der Waals surface area contributed by atoms with E-state index in [0.29, 0.717) is 18.7 Å². The van der Waals surface area contributed by atoms with Gasteiger partial charge in [0.1, 0.15) is 5.82 Å². The summed E-state index contributed by atoms with van der Waals surface area (Å²) in [5.41, 5.74) is 1.54. The quantitative estimate of drug-likeness (QED) is 0.805. The fraction of sp³-hybridized carbons (Fsp3) is 0.350. The maximum atomic E-state index is 13.0. The van der Waals surface area contributed by atoms with E-state index in [1.165, 1.54) is 24.3 Å². The van der Waals surface area contributed by atoms with Crippen LogP contribution in [0.3, 0.4) is 0 Å². The third-order valence-corrected chi connectivity index (χ3v) is 5.85. The molecule has 1 aliphatic heterocycles. The lowest BCUT2D eigenvalue weighted by molar-refractivity contribution is 0.0761. The third kappa shape index (κ3) is 5.14. The van der Waals surface area contributed by atoms with Gasteiger partial charge in [-0.2, -0.15) is 0 Å². The van der Waals surface area contributed by atoms with E-state index in [1.807, 2.05) is 0 Å². The minimum atomic E-state index is -3.27. The highest BCUT2D eigenvalue weighted by Gasteiger charge is 2.21. The number of nitrogens with zero attached hydrogens (tertiary/aromatic N) is 2. The Bertz CT molecular complexity index is 896. The molecule has 0 unspecified atom stereocenters. The van der Waals surface area contributed by atoms with Crippen molar-refractivity contribution < 1.29 is 17.6 Å². The Morgan fingerprint density at radius 1 is 0.963 bits per heavy atom. The van der Waals surface area contributed by atoms with Crippen LogP contribution in [0.1, 0.15) is 22.3 Å². The topological polar surface area (TPSA) is 57.7 Å². The lowest BCUT2D eigenvalue weighted by Gasteiger charge is -2.22. The zero-order valence-corrected chi connectivity index (χ0v) is 16.1. The van der Waals surface area contributed by atoms with Crippen molar-refractivity contribution in [2.75, 3.05) is 32.4 Å². The molecule has 0 bridgehead atoms. The monoisotopic (exact) mass is 390 g/mol. The maximum absolute atomic E-state index is 13.0. The lowest BCUT2D eigenvalue weighted by atomic mass is 10.2. The first kappa shape index (κ1) is 19.5. The molecule has 3 rings (SSSR count). The summed E-state index contributed by atoms with van der Waals surface area (Å²) in [7, 11) is -3.27. The van der Waals surface area contributed by atoms with E-state index in [4.69, 9.17) is 0 Å². The normalized spacial score (nSPS) is 16.1. The summed E-state index contributed by atoms with van der Waals surface area (Å²) in [5.74, 6) is -0.327. The highest BCUT2D eigenvalue weighted by Crippen LogP contribution is 2.15. The highest BCUT2D eigenvalue weighted by atomic mass is 32.2. The van der Waals surface area contributed by atoms with E-state index in [0.717, 1.165) is 37.9 Å². The molecular formula is C20H23FN2O3S. The average molecular weight is 390 g/mol. The molecule has 0 spiro atoms. The van der Waals surface area contributed by atoms with Crippen molar-refractivity contribution in [3.63, 3.8) is 0 Å². The first-order chi connectivity index (χ1) is 12.8. The zero-order chi connectivity index (χ0) is 19.4. The van der Waals surface area contributed by atoms with E-state index < -0.39 is 9.84 Å². The Hall–Kier alpha value is -2.25. The molecule has 0 atom stereocenters. The van der Waals surface area contributed by atoms with Crippen molar-refractivity contribution in [1.29, 1.82) is 0 Å². The number of hydrogen-bond donors (Lipinski definition) is 0. The number of sulfone groups is 1. The molecule has 1 aliphatic rings. The molecule has 1 saturated heterocycles. The first-order valence-corrected chi connectivity index (χ1v) is 10.8. The van der Waals surface area contributed by atoms with Gasteiger partial charge in [0.15, 0.2) is 9.84 Å². The molecule has 0 radical (unpaired) electrons. The van der Waals surface area contributed by atoms with Gasteiger partial charge in [0.05, 0.1) is 4.90 Å². The molecule has 0 N–H and O–H groups in total. The van der Waals surface area contributed by atoms with Gasteiger partial charge in [0.25, 0.3) is 5.91 Å². The second-order valence-electron chi connectivity index (χ2n) is 6.84. The van der Waals surface area contributed by atoms with Gasteiger partial charge >= 0.3 is 0 Å². The van der Waals surface area contributed by atoms with E-state index in [2.05, 4.69) is 4.90 Å². The van der Waals surface area contributed by atoms with Crippen LogP contribution in [0, 0.1) is 5.82 Å². The van der Waals surface area contributed by atoms with Crippen LogP contribution in [0.2, 0.25) is 0 Å². The Labute approximate surface area is 159 Å². The standard InChI is InChI=1S/C20H23FN2O3S/c1-27(25,26)19-9-5-17(6-10-19)20(24)23-12-2-11-22(13-14-23)15-16-3-7-18(21)8-4-16/h3-10H,2,11-15H2,1H3. The van der Waals surface area contributed by atoms with E-state index in [9.17, 15) is 17.6 Å². The molecule has 5 nitrogen and oxygen atoms in total. The molecule has 2 aromatic carbocycles.